The SMILES string of the molecule is COc1cccc(OC)c1NC(=O)C1OC(Oc2c(C)cc3c(c2C)[Si](C)(C)CC[Si]3(C)C)=CC1=O. The minimum absolute atomic E-state index is 0.0325. The third-order valence-corrected chi connectivity index (χ3v) is 15.0. The topological polar surface area (TPSA) is 83.1 Å². The molecule has 2 aliphatic heterocycles. The van der Waals surface area contributed by atoms with Crippen molar-refractivity contribution in [1.82, 2.24) is 0 Å². The number of hydrogen-bond donors (Lipinski definition) is 1. The zero-order chi connectivity index (χ0) is 26.4. The number of carbonyl (C=O) groups excluding carboxylic acids is 2. The molecule has 0 spiro atoms. The van der Waals surface area contributed by atoms with Crippen LogP contribution in [-0.2, 0) is 14.3 Å². The molecule has 1 N–H and O–H groups in total. The second kappa shape index (κ2) is 9.44. The van der Waals surface area contributed by atoms with Crippen molar-refractivity contribution in [3.63, 3.8) is 0 Å². The number of anilines is 1. The number of benzene rings is 2. The van der Waals surface area contributed by atoms with Crippen LogP contribution < -0.4 is 29.9 Å². The fourth-order valence-electron chi connectivity index (χ4n) is 5.31. The maximum absolute atomic E-state index is 13.0. The van der Waals surface area contributed by atoms with Gasteiger partial charge in [0.1, 0.15) is 22.9 Å². The number of methoxy groups -OCH3 is 2. The molecule has 1 unspecified atom stereocenters. The van der Waals surface area contributed by atoms with Crippen LogP contribution in [0, 0.1) is 13.8 Å². The molecular formula is C27H35NO6Si2. The standard InChI is InChI=1S/C27H35NO6Si2/c1-16-14-21-26(36(7,8)13-12-35(21,5)6)17(2)24(16)33-22-15-18(29)25(34-22)27(30)28-23-19(31-3)10-9-11-20(23)32-4/h9-11,14-15,25H,12-13H2,1-8H3,(H,28,30). The highest BCUT2D eigenvalue weighted by atomic mass is 28.3. The van der Waals surface area contributed by atoms with Crippen molar-refractivity contribution in [3.05, 3.63) is 47.4 Å². The molecule has 0 aliphatic carbocycles. The van der Waals surface area contributed by atoms with Crippen LogP contribution in [-0.4, -0.2) is 48.2 Å². The minimum atomic E-state index is -1.62. The highest BCUT2D eigenvalue weighted by Gasteiger charge is 2.42. The summed E-state index contributed by atoms with van der Waals surface area (Å²) in [5.41, 5.74) is 2.48. The summed E-state index contributed by atoms with van der Waals surface area (Å²) in [4.78, 5) is 25.7. The number of carbonyl (C=O) groups is 2. The van der Waals surface area contributed by atoms with E-state index < -0.39 is 33.9 Å². The van der Waals surface area contributed by atoms with Crippen molar-refractivity contribution in [1.29, 1.82) is 0 Å². The summed E-state index contributed by atoms with van der Waals surface area (Å²) in [6.07, 6.45) is -0.103. The first-order valence-corrected chi connectivity index (χ1v) is 18.6. The number of nitrogens with one attached hydrogen (secondary N) is 1. The number of hydrogen-bond acceptors (Lipinski definition) is 6. The van der Waals surface area contributed by atoms with Crippen LogP contribution in [0.25, 0.3) is 0 Å². The van der Waals surface area contributed by atoms with Crippen LogP contribution in [0.1, 0.15) is 11.1 Å². The third-order valence-electron chi connectivity index (χ3n) is 7.35. The van der Waals surface area contributed by atoms with Gasteiger partial charge in [0.2, 0.25) is 11.9 Å². The first kappa shape index (κ1) is 26.0. The van der Waals surface area contributed by atoms with Gasteiger partial charge in [-0.25, -0.2) is 0 Å². The molecule has 2 aliphatic rings. The minimum Gasteiger partial charge on any atom is -0.494 e. The lowest BCUT2D eigenvalue weighted by atomic mass is 10.1. The summed E-state index contributed by atoms with van der Waals surface area (Å²) < 4.78 is 22.6. The molecule has 2 aromatic rings. The lowest BCUT2D eigenvalue weighted by molar-refractivity contribution is -0.134. The molecule has 2 heterocycles. The Bertz CT molecular complexity index is 1250. The third kappa shape index (κ3) is 4.57. The fourth-order valence-corrected chi connectivity index (χ4v) is 16.3. The molecule has 7 nitrogen and oxygen atoms in total. The van der Waals surface area contributed by atoms with Crippen LogP contribution in [0.2, 0.25) is 38.3 Å². The molecule has 0 bridgehead atoms. The zero-order valence-electron chi connectivity index (χ0n) is 22.3. The van der Waals surface area contributed by atoms with Crippen molar-refractivity contribution < 1.29 is 28.5 Å². The van der Waals surface area contributed by atoms with Crippen LogP contribution in [0.3, 0.4) is 0 Å². The Morgan fingerprint density at radius 3 is 2.25 bits per heavy atom. The lowest BCUT2D eigenvalue weighted by Gasteiger charge is -2.41. The summed E-state index contributed by atoms with van der Waals surface area (Å²) in [6.45, 7) is 13.9. The van der Waals surface area contributed by atoms with Gasteiger partial charge in [-0.1, -0.05) is 60.8 Å². The quantitative estimate of drug-likeness (QED) is 0.454. The summed E-state index contributed by atoms with van der Waals surface area (Å²) in [6, 6.07) is 10.0. The van der Waals surface area contributed by atoms with Gasteiger partial charge in [0, 0.05) is 0 Å². The molecule has 0 radical (unpaired) electrons. The van der Waals surface area contributed by atoms with E-state index in [9.17, 15) is 9.59 Å². The largest absolute Gasteiger partial charge is 0.494 e. The molecule has 1 atom stereocenters. The Labute approximate surface area is 214 Å². The molecule has 0 saturated carbocycles. The van der Waals surface area contributed by atoms with E-state index in [0.717, 1.165) is 11.1 Å². The van der Waals surface area contributed by atoms with Gasteiger partial charge in [0.05, 0.1) is 36.4 Å². The Balaban J connectivity index is 1.58. The normalized spacial score (nSPS) is 19.6. The monoisotopic (exact) mass is 525 g/mol. The molecule has 9 heteroatoms. The average Bonchev–Trinajstić information content (AvgIpc) is 3.19. The Morgan fingerprint density at radius 2 is 1.64 bits per heavy atom. The van der Waals surface area contributed by atoms with E-state index in [-0.39, 0.29) is 5.95 Å². The number of ether oxygens (including phenoxy) is 4. The summed E-state index contributed by atoms with van der Waals surface area (Å²) >= 11 is 0. The molecule has 0 fully saturated rings. The van der Waals surface area contributed by atoms with Gasteiger partial charge >= 0.3 is 0 Å². The zero-order valence-corrected chi connectivity index (χ0v) is 24.3. The number of fused-ring (bicyclic) bond motifs is 1. The van der Waals surface area contributed by atoms with Gasteiger partial charge in [-0.05, 0) is 37.1 Å². The van der Waals surface area contributed by atoms with Crippen molar-refractivity contribution in [2.45, 2.75) is 58.2 Å². The molecular weight excluding hydrogens is 490 g/mol. The Morgan fingerprint density at radius 1 is 1.03 bits per heavy atom. The molecule has 0 saturated heterocycles. The van der Waals surface area contributed by atoms with Gasteiger partial charge in [0.15, 0.2) is 0 Å². The van der Waals surface area contributed by atoms with E-state index in [2.05, 4.69) is 44.5 Å². The average molecular weight is 526 g/mol. The highest BCUT2D eigenvalue weighted by Crippen LogP contribution is 2.36. The summed E-state index contributed by atoms with van der Waals surface area (Å²) in [7, 11) is -0.151. The Hall–Kier alpha value is -3.05. The highest BCUT2D eigenvalue weighted by molar-refractivity contribution is 7.03. The second-order valence-corrected chi connectivity index (χ2v) is 20.4. The summed E-state index contributed by atoms with van der Waals surface area (Å²) in [5, 5.41) is 5.72. The van der Waals surface area contributed by atoms with Gasteiger partial charge in [-0.3, -0.25) is 9.59 Å². The number of para-hydroxylation sites is 1. The van der Waals surface area contributed by atoms with Gasteiger partial charge in [0.25, 0.3) is 11.9 Å². The number of aryl methyl sites for hydroxylation is 1. The first-order chi connectivity index (χ1) is 16.9. The molecule has 2 aromatic carbocycles. The molecule has 4 rings (SSSR count). The molecule has 1 amide bonds. The van der Waals surface area contributed by atoms with E-state index in [1.54, 1.807) is 18.2 Å². The number of rotatable bonds is 6. The van der Waals surface area contributed by atoms with E-state index >= 15 is 0 Å². The van der Waals surface area contributed by atoms with Crippen molar-refractivity contribution in [2.75, 3.05) is 19.5 Å². The Kier molecular flexibility index (Phi) is 6.82. The van der Waals surface area contributed by atoms with E-state index in [1.165, 1.54) is 42.8 Å². The maximum atomic E-state index is 13.0. The smallest absolute Gasteiger partial charge is 0.289 e. The van der Waals surface area contributed by atoms with Crippen LogP contribution in [0.15, 0.2) is 36.3 Å². The molecule has 0 aromatic heterocycles. The van der Waals surface area contributed by atoms with Crippen LogP contribution >= 0.6 is 0 Å². The van der Waals surface area contributed by atoms with Gasteiger partial charge < -0.3 is 24.3 Å². The molecule has 36 heavy (non-hydrogen) atoms. The number of amides is 1. The summed E-state index contributed by atoms with van der Waals surface area (Å²) in [5.74, 6) is 0.468. The fraction of sp³-hybridized carbons (Fsp3) is 0.407. The van der Waals surface area contributed by atoms with Gasteiger partial charge in [-0.2, -0.15) is 0 Å². The van der Waals surface area contributed by atoms with Crippen LogP contribution in [0.4, 0.5) is 5.69 Å². The predicted octanol–water partition coefficient (Wildman–Crippen LogP) is 3.99. The second-order valence-electron chi connectivity index (χ2n) is 10.8. The van der Waals surface area contributed by atoms with E-state index in [0.29, 0.717) is 22.9 Å². The molecule has 192 valence electrons. The number of ketones is 1. The maximum Gasteiger partial charge on any atom is 0.289 e. The van der Waals surface area contributed by atoms with E-state index in [4.69, 9.17) is 18.9 Å². The van der Waals surface area contributed by atoms with Crippen LogP contribution in [0.5, 0.6) is 17.2 Å². The van der Waals surface area contributed by atoms with Crippen molar-refractivity contribution in [3.8, 4) is 17.2 Å². The van der Waals surface area contributed by atoms with Crippen molar-refractivity contribution in [2.24, 2.45) is 0 Å². The predicted molar refractivity (Wildman–Crippen MR) is 147 cm³/mol. The first-order valence-electron chi connectivity index (χ1n) is 12.2. The lowest BCUT2D eigenvalue weighted by Crippen LogP contribution is -2.64. The van der Waals surface area contributed by atoms with Gasteiger partial charge in [-0.15, -0.1) is 0 Å². The van der Waals surface area contributed by atoms with Crippen molar-refractivity contribution >= 4 is 43.9 Å². The van der Waals surface area contributed by atoms with E-state index in [1.807, 2.05) is 6.92 Å².